The van der Waals surface area contributed by atoms with E-state index in [9.17, 15) is 0 Å². The molecule has 0 bridgehead atoms. The minimum atomic E-state index is 0.303. The molecular formula is C15H23N. The maximum Gasteiger partial charge on any atom is 0.0213 e. The minimum Gasteiger partial charge on any atom is -0.307 e. The Morgan fingerprint density at radius 2 is 1.94 bits per heavy atom. The first-order valence-corrected chi connectivity index (χ1v) is 6.30. The molecule has 1 aromatic carbocycles. The molecule has 1 aliphatic carbocycles. The van der Waals surface area contributed by atoms with Gasteiger partial charge in [-0.3, -0.25) is 0 Å². The zero-order chi connectivity index (χ0) is 11.8. The Labute approximate surface area is 99.3 Å². The van der Waals surface area contributed by atoms with E-state index in [0.717, 1.165) is 12.5 Å². The first kappa shape index (κ1) is 11.7. The number of hydrogen-bond acceptors (Lipinski definition) is 1. The van der Waals surface area contributed by atoms with E-state index in [0.29, 0.717) is 5.54 Å². The van der Waals surface area contributed by atoms with Gasteiger partial charge in [0.05, 0.1) is 0 Å². The monoisotopic (exact) mass is 217 g/mol. The van der Waals surface area contributed by atoms with Gasteiger partial charge in [0.2, 0.25) is 0 Å². The van der Waals surface area contributed by atoms with Crippen molar-refractivity contribution in [3.05, 3.63) is 34.9 Å². The van der Waals surface area contributed by atoms with Gasteiger partial charge < -0.3 is 5.32 Å². The largest absolute Gasteiger partial charge is 0.307 e. The van der Waals surface area contributed by atoms with Crippen molar-refractivity contribution in [3.63, 3.8) is 0 Å². The Morgan fingerprint density at radius 3 is 2.50 bits per heavy atom. The highest BCUT2D eigenvalue weighted by Gasteiger charge is 2.37. The van der Waals surface area contributed by atoms with Crippen molar-refractivity contribution in [1.29, 1.82) is 0 Å². The summed E-state index contributed by atoms with van der Waals surface area (Å²) in [5, 5.41) is 3.70. The summed E-state index contributed by atoms with van der Waals surface area (Å²) in [4.78, 5) is 0. The van der Waals surface area contributed by atoms with E-state index in [1.807, 2.05) is 0 Å². The second kappa shape index (κ2) is 4.21. The van der Waals surface area contributed by atoms with Gasteiger partial charge in [-0.15, -0.1) is 0 Å². The Kier molecular flexibility index (Phi) is 3.07. The first-order valence-electron chi connectivity index (χ1n) is 6.30. The summed E-state index contributed by atoms with van der Waals surface area (Å²) in [7, 11) is 0. The van der Waals surface area contributed by atoms with Gasteiger partial charge in [0.25, 0.3) is 0 Å². The summed E-state index contributed by atoms with van der Waals surface area (Å²) in [5.74, 6) is 0.887. The van der Waals surface area contributed by atoms with Crippen LogP contribution in [0.5, 0.6) is 0 Å². The molecule has 1 N–H and O–H groups in total. The van der Waals surface area contributed by atoms with E-state index >= 15 is 0 Å². The predicted molar refractivity (Wildman–Crippen MR) is 69.6 cm³/mol. The normalized spacial score (nSPS) is 16.5. The van der Waals surface area contributed by atoms with Crippen LogP contribution < -0.4 is 5.32 Å². The molecule has 0 saturated heterocycles. The molecule has 1 aromatic rings. The molecule has 1 saturated carbocycles. The molecule has 16 heavy (non-hydrogen) atoms. The fourth-order valence-electron chi connectivity index (χ4n) is 2.32. The first-order chi connectivity index (χ1) is 7.49. The summed E-state index contributed by atoms with van der Waals surface area (Å²) >= 11 is 0. The second-order valence-electron chi connectivity index (χ2n) is 5.78. The lowest BCUT2D eigenvalue weighted by molar-refractivity contribution is 0.339. The van der Waals surface area contributed by atoms with Crippen LogP contribution in [-0.2, 0) is 6.54 Å². The van der Waals surface area contributed by atoms with Gasteiger partial charge in [-0.2, -0.15) is 0 Å². The molecule has 1 nitrogen and oxygen atoms in total. The lowest BCUT2D eigenvalue weighted by Gasteiger charge is -2.26. The smallest absolute Gasteiger partial charge is 0.0213 e. The number of nitrogens with one attached hydrogen (secondary N) is 1. The van der Waals surface area contributed by atoms with Crippen LogP contribution in [0, 0.1) is 19.8 Å². The Morgan fingerprint density at radius 1 is 1.25 bits per heavy atom. The van der Waals surface area contributed by atoms with Crippen LogP contribution in [-0.4, -0.2) is 5.54 Å². The highest BCUT2D eigenvalue weighted by Crippen LogP contribution is 2.39. The van der Waals surface area contributed by atoms with Gasteiger partial charge >= 0.3 is 0 Å². The number of benzene rings is 1. The molecule has 0 atom stereocenters. The third-order valence-electron chi connectivity index (χ3n) is 3.83. The minimum absolute atomic E-state index is 0.303. The van der Waals surface area contributed by atoms with E-state index in [4.69, 9.17) is 0 Å². The third-order valence-corrected chi connectivity index (χ3v) is 3.83. The Hall–Kier alpha value is -0.820. The highest BCUT2D eigenvalue weighted by atomic mass is 15.0. The number of rotatable bonds is 4. The van der Waals surface area contributed by atoms with Crippen molar-refractivity contribution < 1.29 is 0 Å². The summed E-state index contributed by atoms with van der Waals surface area (Å²) in [6, 6.07) is 6.72. The number of aryl methyl sites for hydroxylation is 2. The summed E-state index contributed by atoms with van der Waals surface area (Å²) in [5.41, 5.74) is 4.48. The van der Waals surface area contributed by atoms with Crippen LogP contribution in [0.4, 0.5) is 0 Å². The van der Waals surface area contributed by atoms with Gasteiger partial charge in [-0.25, -0.2) is 0 Å². The maximum absolute atomic E-state index is 3.70. The summed E-state index contributed by atoms with van der Waals surface area (Å²) < 4.78 is 0. The van der Waals surface area contributed by atoms with Crippen LogP contribution in [0.3, 0.4) is 0 Å². The molecule has 2 rings (SSSR count). The molecule has 0 heterocycles. The van der Waals surface area contributed by atoms with Crippen LogP contribution in [0.15, 0.2) is 18.2 Å². The zero-order valence-electron chi connectivity index (χ0n) is 10.9. The summed E-state index contributed by atoms with van der Waals surface area (Å²) in [6.45, 7) is 10.0. The zero-order valence-corrected chi connectivity index (χ0v) is 10.9. The molecule has 1 aliphatic rings. The van der Waals surface area contributed by atoms with E-state index in [-0.39, 0.29) is 0 Å². The van der Waals surface area contributed by atoms with Crippen LogP contribution >= 0.6 is 0 Å². The lowest BCUT2D eigenvalue weighted by Crippen LogP contribution is -2.40. The van der Waals surface area contributed by atoms with Crippen molar-refractivity contribution in [2.24, 2.45) is 5.92 Å². The van der Waals surface area contributed by atoms with E-state index < -0.39 is 0 Å². The van der Waals surface area contributed by atoms with E-state index in [1.165, 1.54) is 29.5 Å². The van der Waals surface area contributed by atoms with Crippen molar-refractivity contribution in [1.82, 2.24) is 5.32 Å². The molecule has 1 fully saturated rings. The fraction of sp³-hybridized carbons (Fsp3) is 0.600. The molecular weight excluding hydrogens is 194 g/mol. The number of hydrogen-bond donors (Lipinski definition) is 1. The summed E-state index contributed by atoms with van der Waals surface area (Å²) in [6.07, 6.45) is 2.79. The third kappa shape index (κ3) is 2.65. The molecule has 0 amide bonds. The van der Waals surface area contributed by atoms with Gasteiger partial charge in [0, 0.05) is 12.1 Å². The van der Waals surface area contributed by atoms with Gasteiger partial charge in [0.15, 0.2) is 0 Å². The topological polar surface area (TPSA) is 12.0 Å². The van der Waals surface area contributed by atoms with Crippen LogP contribution in [0.2, 0.25) is 0 Å². The Bertz CT molecular complexity index is 375. The van der Waals surface area contributed by atoms with E-state index in [2.05, 4.69) is 51.2 Å². The standard InChI is InChI=1S/C15H23N/c1-11-5-6-13(12(2)9-11)10-16-15(3,4)14-7-8-14/h5-6,9,14,16H,7-8,10H2,1-4H3. The average molecular weight is 217 g/mol. The Balaban J connectivity index is 1.98. The lowest BCUT2D eigenvalue weighted by atomic mass is 9.97. The van der Waals surface area contributed by atoms with Crippen LogP contribution in [0.1, 0.15) is 43.4 Å². The molecule has 0 aliphatic heterocycles. The van der Waals surface area contributed by atoms with Crippen molar-refractivity contribution in [2.45, 2.75) is 52.6 Å². The fourth-order valence-corrected chi connectivity index (χ4v) is 2.32. The molecule has 0 aromatic heterocycles. The SMILES string of the molecule is Cc1ccc(CNC(C)(C)C2CC2)c(C)c1. The van der Waals surface area contributed by atoms with Gasteiger partial charge in [-0.1, -0.05) is 23.8 Å². The highest BCUT2D eigenvalue weighted by molar-refractivity contribution is 5.30. The molecule has 1 heteroatoms. The van der Waals surface area contributed by atoms with Crippen molar-refractivity contribution in [2.75, 3.05) is 0 Å². The molecule has 0 unspecified atom stereocenters. The van der Waals surface area contributed by atoms with Gasteiger partial charge in [0.1, 0.15) is 0 Å². The molecule has 0 radical (unpaired) electrons. The predicted octanol–water partition coefficient (Wildman–Crippen LogP) is 3.58. The average Bonchev–Trinajstić information content (AvgIpc) is 2.99. The quantitative estimate of drug-likeness (QED) is 0.813. The maximum atomic E-state index is 3.70. The molecule has 0 spiro atoms. The van der Waals surface area contributed by atoms with Gasteiger partial charge in [-0.05, 0) is 57.6 Å². The van der Waals surface area contributed by atoms with Crippen LogP contribution in [0.25, 0.3) is 0 Å². The second-order valence-corrected chi connectivity index (χ2v) is 5.78. The van der Waals surface area contributed by atoms with Crippen molar-refractivity contribution >= 4 is 0 Å². The molecule has 88 valence electrons. The van der Waals surface area contributed by atoms with Crippen molar-refractivity contribution in [3.8, 4) is 0 Å². The van der Waals surface area contributed by atoms with E-state index in [1.54, 1.807) is 0 Å².